The van der Waals surface area contributed by atoms with Crippen molar-refractivity contribution < 1.29 is 4.79 Å². The summed E-state index contributed by atoms with van der Waals surface area (Å²) in [5, 5.41) is 0. The second kappa shape index (κ2) is 5.85. The summed E-state index contributed by atoms with van der Waals surface area (Å²) >= 11 is 0. The SMILES string of the molecule is CCC(N)C(=O)N1CCCC(C(C)(C)C)CC1. The number of carbonyl (C=O) groups is 1. The zero-order valence-electron chi connectivity index (χ0n) is 11.8. The first-order valence-corrected chi connectivity index (χ1v) is 6.90. The maximum Gasteiger partial charge on any atom is 0.239 e. The van der Waals surface area contributed by atoms with Gasteiger partial charge in [-0.1, -0.05) is 27.7 Å². The second-order valence-electron chi connectivity index (χ2n) is 6.33. The first-order valence-electron chi connectivity index (χ1n) is 6.90. The quantitative estimate of drug-likeness (QED) is 0.805. The minimum absolute atomic E-state index is 0.141. The number of hydrogen-bond donors (Lipinski definition) is 1. The Morgan fingerprint density at radius 3 is 2.53 bits per heavy atom. The molecular weight excluding hydrogens is 212 g/mol. The van der Waals surface area contributed by atoms with Gasteiger partial charge in [0.25, 0.3) is 0 Å². The number of amides is 1. The van der Waals surface area contributed by atoms with Crippen LogP contribution in [0.5, 0.6) is 0 Å². The molecule has 0 bridgehead atoms. The molecule has 1 fully saturated rings. The fraction of sp³-hybridized carbons (Fsp3) is 0.929. The Labute approximate surface area is 106 Å². The smallest absolute Gasteiger partial charge is 0.239 e. The van der Waals surface area contributed by atoms with E-state index in [2.05, 4.69) is 20.8 Å². The first kappa shape index (κ1) is 14.5. The van der Waals surface area contributed by atoms with Crippen molar-refractivity contribution in [2.45, 2.75) is 59.4 Å². The number of nitrogens with zero attached hydrogens (tertiary/aromatic N) is 1. The van der Waals surface area contributed by atoms with Crippen LogP contribution in [0.3, 0.4) is 0 Å². The average Bonchev–Trinajstić information content (AvgIpc) is 2.51. The van der Waals surface area contributed by atoms with E-state index in [0.29, 0.717) is 5.41 Å². The van der Waals surface area contributed by atoms with Gasteiger partial charge in [-0.2, -0.15) is 0 Å². The maximum atomic E-state index is 12.0. The molecule has 3 heteroatoms. The molecular formula is C14H28N2O. The third kappa shape index (κ3) is 3.98. The van der Waals surface area contributed by atoms with Gasteiger partial charge in [-0.3, -0.25) is 4.79 Å². The van der Waals surface area contributed by atoms with Gasteiger partial charge in [0, 0.05) is 13.1 Å². The molecule has 1 saturated heterocycles. The van der Waals surface area contributed by atoms with E-state index in [0.717, 1.165) is 38.3 Å². The Balaban J connectivity index is 2.56. The van der Waals surface area contributed by atoms with E-state index in [9.17, 15) is 4.79 Å². The van der Waals surface area contributed by atoms with E-state index < -0.39 is 0 Å². The Kier molecular flexibility index (Phi) is 4.99. The number of rotatable bonds is 2. The van der Waals surface area contributed by atoms with Crippen LogP contribution in [0, 0.1) is 11.3 Å². The molecule has 0 aromatic heterocycles. The molecule has 0 aromatic carbocycles. The lowest BCUT2D eigenvalue weighted by atomic mass is 9.77. The van der Waals surface area contributed by atoms with Crippen molar-refractivity contribution in [2.75, 3.05) is 13.1 Å². The summed E-state index contributed by atoms with van der Waals surface area (Å²) in [7, 11) is 0. The summed E-state index contributed by atoms with van der Waals surface area (Å²) < 4.78 is 0. The van der Waals surface area contributed by atoms with Crippen molar-refractivity contribution in [1.82, 2.24) is 4.90 Å². The highest BCUT2D eigenvalue weighted by atomic mass is 16.2. The Bertz CT molecular complexity index is 257. The van der Waals surface area contributed by atoms with Gasteiger partial charge in [0.15, 0.2) is 0 Å². The molecule has 2 atom stereocenters. The van der Waals surface area contributed by atoms with Gasteiger partial charge in [-0.25, -0.2) is 0 Å². The van der Waals surface area contributed by atoms with Gasteiger partial charge in [-0.05, 0) is 37.0 Å². The van der Waals surface area contributed by atoms with Crippen LogP contribution in [0.2, 0.25) is 0 Å². The van der Waals surface area contributed by atoms with Crippen LogP contribution >= 0.6 is 0 Å². The van der Waals surface area contributed by atoms with Crippen molar-refractivity contribution >= 4 is 5.91 Å². The molecule has 3 nitrogen and oxygen atoms in total. The van der Waals surface area contributed by atoms with Crippen LogP contribution in [0.25, 0.3) is 0 Å². The molecule has 0 aliphatic carbocycles. The number of likely N-dealkylation sites (tertiary alicyclic amines) is 1. The van der Waals surface area contributed by atoms with Crippen molar-refractivity contribution in [3.8, 4) is 0 Å². The van der Waals surface area contributed by atoms with Crippen LogP contribution in [-0.4, -0.2) is 29.9 Å². The zero-order chi connectivity index (χ0) is 13.1. The molecule has 1 aliphatic rings. The highest BCUT2D eigenvalue weighted by molar-refractivity contribution is 5.81. The molecule has 2 N–H and O–H groups in total. The van der Waals surface area contributed by atoms with Crippen LogP contribution in [-0.2, 0) is 4.79 Å². The predicted octanol–water partition coefficient (Wildman–Crippen LogP) is 2.40. The molecule has 1 rings (SSSR count). The highest BCUT2D eigenvalue weighted by Crippen LogP contribution is 2.34. The molecule has 1 amide bonds. The van der Waals surface area contributed by atoms with Crippen LogP contribution < -0.4 is 5.73 Å². The molecule has 0 saturated carbocycles. The molecule has 100 valence electrons. The van der Waals surface area contributed by atoms with Gasteiger partial charge in [0.1, 0.15) is 0 Å². The Morgan fingerprint density at radius 1 is 1.35 bits per heavy atom. The molecule has 1 heterocycles. The Morgan fingerprint density at radius 2 is 2.00 bits per heavy atom. The lowest BCUT2D eigenvalue weighted by Gasteiger charge is -2.30. The molecule has 0 aromatic rings. The predicted molar refractivity (Wildman–Crippen MR) is 71.6 cm³/mol. The van der Waals surface area contributed by atoms with E-state index in [1.807, 2.05) is 11.8 Å². The van der Waals surface area contributed by atoms with Gasteiger partial charge in [0.05, 0.1) is 6.04 Å². The van der Waals surface area contributed by atoms with E-state index in [-0.39, 0.29) is 11.9 Å². The topological polar surface area (TPSA) is 46.3 Å². The highest BCUT2D eigenvalue weighted by Gasteiger charge is 2.29. The van der Waals surface area contributed by atoms with E-state index in [4.69, 9.17) is 5.73 Å². The molecule has 17 heavy (non-hydrogen) atoms. The third-order valence-electron chi connectivity index (χ3n) is 4.02. The monoisotopic (exact) mass is 240 g/mol. The lowest BCUT2D eigenvalue weighted by Crippen LogP contribution is -2.44. The Hall–Kier alpha value is -0.570. The lowest BCUT2D eigenvalue weighted by molar-refractivity contribution is -0.132. The summed E-state index contributed by atoms with van der Waals surface area (Å²) in [6.07, 6.45) is 4.20. The summed E-state index contributed by atoms with van der Waals surface area (Å²) in [4.78, 5) is 14.0. The van der Waals surface area contributed by atoms with Gasteiger partial charge >= 0.3 is 0 Å². The number of carbonyl (C=O) groups excluding carboxylic acids is 1. The van der Waals surface area contributed by atoms with Crippen LogP contribution in [0.4, 0.5) is 0 Å². The third-order valence-corrected chi connectivity index (χ3v) is 4.02. The zero-order valence-corrected chi connectivity index (χ0v) is 11.8. The normalized spacial score (nSPS) is 24.3. The van der Waals surface area contributed by atoms with Crippen LogP contribution in [0.15, 0.2) is 0 Å². The van der Waals surface area contributed by atoms with E-state index in [1.54, 1.807) is 0 Å². The van der Waals surface area contributed by atoms with E-state index in [1.165, 1.54) is 6.42 Å². The van der Waals surface area contributed by atoms with Crippen molar-refractivity contribution in [3.63, 3.8) is 0 Å². The fourth-order valence-corrected chi connectivity index (χ4v) is 2.59. The van der Waals surface area contributed by atoms with Gasteiger partial charge < -0.3 is 10.6 Å². The number of nitrogens with two attached hydrogens (primary N) is 1. The second-order valence-corrected chi connectivity index (χ2v) is 6.33. The molecule has 0 radical (unpaired) electrons. The molecule has 1 aliphatic heterocycles. The largest absolute Gasteiger partial charge is 0.341 e. The summed E-state index contributed by atoms with van der Waals surface area (Å²) in [6.45, 7) is 10.6. The minimum atomic E-state index is -0.304. The van der Waals surface area contributed by atoms with Gasteiger partial charge in [-0.15, -0.1) is 0 Å². The van der Waals surface area contributed by atoms with Crippen molar-refractivity contribution in [2.24, 2.45) is 17.1 Å². The van der Waals surface area contributed by atoms with Crippen molar-refractivity contribution in [3.05, 3.63) is 0 Å². The summed E-state index contributed by atoms with van der Waals surface area (Å²) in [5.41, 5.74) is 6.18. The van der Waals surface area contributed by atoms with Crippen LogP contribution in [0.1, 0.15) is 53.4 Å². The first-order chi connectivity index (χ1) is 7.86. The standard InChI is InChI=1S/C14H28N2O/c1-5-12(15)13(17)16-9-6-7-11(8-10-16)14(2,3)4/h11-12H,5-10,15H2,1-4H3. The minimum Gasteiger partial charge on any atom is -0.341 e. The summed E-state index contributed by atoms with van der Waals surface area (Å²) in [6, 6.07) is -0.304. The average molecular weight is 240 g/mol. The summed E-state index contributed by atoms with van der Waals surface area (Å²) in [5.74, 6) is 0.861. The maximum absolute atomic E-state index is 12.0. The fourth-order valence-electron chi connectivity index (χ4n) is 2.59. The molecule has 2 unspecified atom stereocenters. The van der Waals surface area contributed by atoms with E-state index >= 15 is 0 Å². The number of hydrogen-bond acceptors (Lipinski definition) is 2. The van der Waals surface area contributed by atoms with Crippen molar-refractivity contribution in [1.29, 1.82) is 0 Å². The molecule has 0 spiro atoms. The van der Waals surface area contributed by atoms with Gasteiger partial charge in [0.2, 0.25) is 5.91 Å².